The lowest BCUT2D eigenvalue weighted by atomic mass is 10.2. The number of nitrogens with one attached hydrogen (secondary N) is 1. The first kappa shape index (κ1) is 14.3. The third kappa shape index (κ3) is 3.92. The molecule has 0 unspecified atom stereocenters. The first-order valence-electron chi connectivity index (χ1n) is 6.92. The van der Waals surface area contributed by atoms with Crippen molar-refractivity contribution in [2.45, 2.75) is 19.9 Å². The maximum Gasteiger partial charge on any atom is 0.123 e. The Hall–Kier alpha value is -2.16. The van der Waals surface area contributed by atoms with Crippen molar-refractivity contribution in [1.29, 1.82) is 0 Å². The summed E-state index contributed by atoms with van der Waals surface area (Å²) >= 11 is 0. The molecular formula is C17H21NO2. The van der Waals surface area contributed by atoms with Crippen LogP contribution in [0.3, 0.4) is 0 Å². The molecule has 0 amide bonds. The van der Waals surface area contributed by atoms with Gasteiger partial charge in [-0.1, -0.05) is 25.1 Å². The number of hydrogen-bond donors (Lipinski definition) is 1. The average Bonchev–Trinajstić information content (AvgIpc) is 2.52. The average molecular weight is 271 g/mol. The Labute approximate surface area is 120 Å². The van der Waals surface area contributed by atoms with Gasteiger partial charge in [-0.3, -0.25) is 0 Å². The molecule has 0 saturated heterocycles. The standard InChI is InChI=1S/C17H21NO2/c1-3-12-20-16-10-8-15(9-11-16)18-13-14-6-4-5-7-17(14)19-2/h4-11,18H,3,12-13H2,1-2H3. The molecule has 0 aliphatic carbocycles. The van der Waals surface area contributed by atoms with E-state index in [-0.39, 0.29) is 0 Å². The van der Waals surface area contributed by atoms with Crippen LogP contribution in [0.5, 0.6) is 11.5 Å². The van der Waals surface area contributed by atoms with Crippen LogP contribution in [0, 0.1) is 0 Å². The summed E-state index contributed by atoms with van der Waals surface area (Å²) in [6.07, 6.45) is 1.02. The van der Waals surface area contributed by atoms with Crippen LogP contribution in [-0.4, -0.2) is 13.7 Å². The van der Waals surface area contributed by atoms with Gasteiger partial charge < -0.3 is 14.8 Å². The van der Waals surface area contributed by atoms with Gasteiger partial charge in [-0.2, -0.15) is 0 Å². The molecule has 0 spiro atoms. The van der Waals surface area contributed by atoms with Crippen molar-refractivity contribution in [3.63, 3.8) is 0 Å². The molecule has 1 N–H and O–H groups in total. The van der Waals surface area contributed by atoms with Crippen LogP contribution in [-0.2, 0) is 6.54 Å². The maximum atomic E-state index is 5.56. The van der Waals surface area contributed by atoms with Crippen molar-refractivity contribution in [1.82, 2.24) is 0 Å². The number of benzene rings is 2. The maximum absolute atomic E-state index is 5.56. The summed E-state index contributed by atoms with van der Waals surface area (Å²) in [5.74, 6) is 1.82. The fraction of sp³-hybridized carbons (Fsp3) is 0.294. The zero-order valence-corrected chi connectivity index (χ0v) is 12.1. The lowest BCUT2D eigenvalue weighted by Gasteiger charge is -2.11. The fourth-order valence-corrected chi connectivity index (χ4v) is 1.94. The van der Waals surface area contributed by atoms with Crippen molar-refractivity contribution in [3.05, 3.63) is 54.1 Å². The van der Waals surface area contributed by atoms with Crippen LogP contribution in [0.2, 0.25) is 0 Å². The number of para-hydroxylation sites is 1. The molecule has 0 aliphatic rings. The van der Waals surface area contributed by atoms with Crippen molar-refractivity contribution in [3.8, 4) is 11.5 Å². The second-order valence-electron chi connectivity index (χ2n) is 4.54. The van der Waals surface area contributed by atoms with E-state index in [1.54, 1.807) is 7.11 Å². The molecular weight excluding hydrogens is 250 g/mol. The molecule has 0 aromatic heterocycles. The summed E-state index contributed by atoms with van der Waals surface area (Å²) in [5.41, 5.74) is 2.21. The van der Waals surface area contributed by atoms with Gasteiger partial charge in [0.2, 0.25) is 0 Å². The Morgan fingerprint density at radius 3 is 2.45 bits per heavy atom. The molecule has 2 aromatic rings. The summed E-state index contributed by atoms with van der Waals surface area (Å²) in [6, 6.07) is 16.0. The van der Waals surface area contributed by atoms with Gasteiger partial charge in [0.25, 0.3) is 0 Å². The number of ether oxygens (including phenoxy) is 2. The minimum atomic E-state index is 0.735. The highest BCUT2D eigenvalue weighted by atomic mass is 16.5. The third-order valence-corrected chi connectivity index (χ3v) is 3.00. The Bertz CT molecular complexity index is 523. The second kappa shape index (κ2) is 7.43. The van der Waals surface area contributed by atoms with E-state index in [0.717, 1.165) is 42.3 Å². The van der Waals surface area contributed by atoms with Gasteiger partial charge in [-0.25, -0.2) is 0 Å². The molecule has 0 atom stereocenters. The van der Waals surface area contributed by atoms with Gasteiger partial charge in [0, 0.05) is 17.8 Å². The highest BCUT2D eigenvalue weighted by Crippen LogP contribution is 2.20. The van der Waals surface area contributed by atoms with Crippen molar-refractivity contribution >= 4 is 5.69 Å². The Balaban J connectivity index is 1.93. The normalized spacial score (nSPS) is 10.1. The van der Waals surface area contributed by atoms with E-state index in [4.69, 9.17) is 9.47 Å². The Morgan fingerprint density at radius 2 is 1.75 bits per heavy atom. The van der Waals surface area contributed by atoms with Gasteiger partial charge in [-0.15, -0.1) is 0 Å². The predicted octanol–water partition coefficient (Wildman–Crippen LogP) is 4.10. The molecule has 0 fully saturated rings. The van der Waals surface area contributed by atoms with E-state index in [2.05, 4.69) is 18.3 Å². The Kier molecular flexibility index (Phi) is 5.30. The monoisotopic (exact) mass is 271 g/mol. The van der Waals surface area contributed by atoms with E-state index >= 15 is 0 Å². The van der Waals surface area contributed by atoms with E-state index in [1.165, 1.54) is 0 Å². The van der Waals surface area contributed by atoms with Crippen LogP contribution < -0.4 is 14.8 Å². The summed E-state index contributed by atoms with van der Waals surface area (Å²) in [7, 11) is 1.69. The van der Waals surface area contributed by atoms with E-state index in [9.17, 15) is 0 Å². The Morgan fingerprint density at radius 1 is 1.00 bits per heavy atom. The van der Waals surface area contributed by atoms with E-state index in [1.807, 2.05) is 42.5 Å². The zero-order valence-electron chi connectivity index (χ0n) is 12.1. The highest BCUT2D eigenvalue weighted by Gasteiger charge is 2.01. The number of methoxy groups -OCH3 is 1. The van der Waals surface area contributed by atoms with Crippen LogP contribution >= 0.6 is 0 Å². The summed E-state index contributed by atoms with van der Waals surface area (Å²) in [4.78, 5) is 0. The summed E-state index contributed by atoms with van der Waals surface area (Å²) in [6.45, 7) is 3.59. The van der Waals surface area contributed by atoms with E-state index < -0.39 is 0 Å². The van der Waals surface area contributed by atoms with Gasteiger partial charge in [0.1, 0.15) is 11.5 Å². The first-order valence-corrected chi connectivity index (χ1v) is 6.92. The lowest BCUT2D eigenvalue weighted by molar-refractivity contribution is 0.317. The zero-order chi connectivity index (χ0) is 14.2. The SMILES string of the molecule is CCCOc1ccc(NCc2ccccc2OC)cc1. The fourth-order valence-electron chi connectivity index (χ4n) is 1.94. The van der Waals surface area contributed by atoms with Crippen LogP contribution in [0.1, 0.15) is 18.9 Å². The van der Waals surface area contributed by atoms with Gasteiger partial charge in [0.15, 0.2) is 0 Å². The largest absolute Gasteiger partial charge is 0.496 e. The number of rotatable bonds is 7. The van der Waals surface area contributed by atoms with Crippen LogP contribution in [0.25, 0.3) is 0 Å². The van der Waals surface area contributed by atoms with Gasteiger partial charge in [-0.05, 0) is 36.8 Å². The van der Waals surface area contributed by atoms with Gasteiger partial charge >= 0.3 is 0 Å². The van der Waals surface area contributed by atoms with Crippen molar-refractivity contribution in [2.75, 3.05) is 19.0 Å². The number of hydrogen-bond acceptors (Lipinski definition) is 3. The van der Waals surface area contributed by atoms with Crippen LogP contribution in [0.4, 0.5) is 5.69 Å². The van der Waals surface area contributed by atoms with Crippen molar-refractivity contribution < 1.29 is 9.47 Å². The molecule has 2 rings (SSSR count). The summed E-state index contributed by atoms with van der Waals surface area (Å²) in [5, 5.41) is 3.38. The predicted molar refractivity (Wildman–Crippen MR) is 82.5 cm³/mol. The first-order chi connectivity index (χ1) is 9.83. The molecule has 0 bridgehead atoms. The molecule has 0 aliphatic heterocycles. The van der Waals surface area contributed by atoms with Crippen LogP contribution in [0.15, 0.2) is 48.5 Å². The molecule has 0 saturated carbocycles. The molecule has 0 heterocycles. The minimum Gasteiger partial charge on any atom is -0.496 e. The molecule has 3 heteroatoms. The van der Waals surface area contributed by atoms with E-state index in [0.29, 0.717) is 0 Å². The quantitative estimate of drug-likeness (QED) is 0.822. The third-order valence-electron chi connectivity index (χ3n) is 3.00. The molecule has 2 aromatic carbocycles. The highest BCUT2D eigenvalue weighted by molar-refractivity contribution is 5.47. The molecule has 0 radical (unpaired) electrons. The second-order valence-corrected chi connectivity index (χ2v) is 4.54. The topological polar surface area (TPSA) is 30.5 Å². The summed E-state index contributed by atoms with van der Waals surface area (Å²) < 4.78 is 10.9. The minimum absolute atomic E-state index is 0.735. The molecule has 3 nitrogen and oxygen atoms in total. The van der Waals surface area contributed by atoms with Crippen molar-refractivity contribution in [2.24, 2.45) is 0 Å². The van der Waals surface area contributed by atoms with Gasteiger partial charge in [0.05, 0.1) is 13.7 Å². The smallest absolute Gasteiger partial charge is 0.123 e. The molecule has 20 heavy (non-hydrogen) atoms. The number of anilines is 1. The lowest BCUT2D eigenvalue weighted by Crippen LogP contribution is -2.01. The molecule has 106 valence electrons.